The summed E-state index contributed by atoms with van der Waals surface area (Å²) >= 11 is 0. The number of nitrogens with zero attached hydrogens (tertiary/aromatic N) is 2. The van der Waals surface area contributed by atoms with Crippen molar-refractivity contribution in [3.63, 3.8) is 0 Å². The van der Waals surface area contributed by atoms with E-state index in [9.17, 15) is 0 Å². The van der Waals surface area contributed by atoms with Gasteiger partial charge in [0.1, 0.15) is 5.75 Å². The molecule has 2 N–H and O–H groups in total. The first-order chi connectivity index (χ1) is 8.78. The van der Waals surface area contributed by atoms with Gasteiger partial charge in [-0.15, -0.1) is 10.2 Å². The summed E-state index contributed by atoms with van der Waals surface area (Å²) in [6, 6.07) is 9.36. The Balaban J connectivity index is 2.46. The Kier molecular flexibility index (Phi) is 3.74. The van der Waals surface area contributed by atoms with E-state index >= 15 is 0 Å². The summed E-state index contributed by atoms with van der Waals surface area (Å²) in [5.41, 5.74) is 8.25. The molecule has 0 aliphatic rings. The molecule has 0 spiro atoms. The summed E-state index contributed by atoms with van der Waals surface area (Å²) in [5.74, 6) is 1.22. The number of hydrogen-bond donors (Lipinski definition) is 1. The van der Waals surface area contributed by atoms with Crippen molar-refractivity contribution in [1.29, 1.82) is 0 Å². The van der Waals surface area contributed by atoms with E-state index in [0.717, 1.165) is 22.6 Å². The van der Waals surface area contributed by atoms with Crippen LogP contribution in [0.5, 0.6) is 11.6 Å². The lowest BCUT2D eigenvalue weighted by Crippen LogP contribution is -1.99. The molecular formula is C13H15N3O2. The maximum Gasteiger partial charge on any atom is 0.233 e. The predicted octanol–water partition coefficient (Wildman–Crippen LogP) is 1.62. The monoisotopic (exact) mass is 245 g/mol. The van der Waals surface area contributed by atoms with Crippen molar-refractivity contribution in [2.45, 2.75) is 6.54 Å². The van der Waals surface area contributed by atoms with E-state index < -0.39 is 0 Å². The van der Waals surface area contributed by atoms with Gasteiger partial charge in [0.25, 0.3) is 0 Å². The molecule has 0 unspecified atom stereocenters. The number of aromatic nitrogens is 2. The van der Waals surface area contributed by atoms with Crippen LogP contribution in [0.25, 0.3) is 11.3 Å². The van der Waals surface area contributed by atoms with Crippen LogP contribution in [0.4, 0.5) is 0 Å². The lowest BCUT2D eigenvalue weighted by atomic mass is 10.1. The van der Waals surface area contributed by atoms with Gasteiger partial charge in [0.05, 0.1) is 19.9 Å². The number of hydrogen-bond acceptors (Lipinski definition) is 5. The Morgan fingerprint density at radius 2 is 1.89 bits per heavy atom. The van der Waals surface area contributed by atoms with E-state index in [1.165, 1.54) is 0 Å². The summed E-state index contributed by atoms with van der Waals surface area (Å²) in [6.07, 6.45) is 0. The molecule has 94 valence electrons. The molecule has 0 bridgehead atoms. The third-order valence-electron chi connectivity index (χ3n) is 2.62. The van der Waals surface area contributed by atoms with Gasteiger partial charge in [-0.2, -0.15) is 0 Å². The van der Waals surface area contributed by atoms with Crippen LogP contribution < -0.4 is 15.2 Å². The third kappa shape index (κ3) is 2.41. The summed E-state index contributed by atoms with van der Waals surface area (Å²) in [6.45, 7) is 0.473. The molecule has 0 amide bonds. The average molecular weight is 245 g/mol. The van der Waals surface area contributed by atoms with Crippen molar-refractivity contribution in [2.24, 2.45) is 5.73 Å². The second kappa shape index (κ2) is 5.46. The van der Waals surface area contributed by atoms with Crippen molar-refractivity contribution >= 4 is 0 Å². The van der Waals surface area contributed by atoms with Crippen LogP contribution in [0.3, 0.4) is 0 Å². The fourth-order valence-corrected chi connectivity index (χ4v) is 1.65. The summed E-state index contributed by atoms with van der Waals surface area (Å²) < 4.78 is 10.3. The summed E-state index contributed by atoms with van der Waals surface area (Å²) in [7, 11) is 3.18. The van der Waals surface area contributed by atoms with Crippen LogP contribution in [0.15, 0.2) is 30.3 Å². The van der Waals surface area contributed by atoms with E-state index in [1.54, 1.807) is 20.3 Å². The standard InChI is InChI=1S/C13H15N3O2/c1-17-12-5-3-9(8-14)7-10(12)11-4-6-13(18-2)16-15-11/h3-7H,8,14H2,1-2H3. The van der Waals surface area contributed by atoms with Crippen LogP contribution in [-0.2, 0) is 6.54 Å². The van der Waals surface area contributed by atoms with Gasteiger partial charge in [-0.25, -0.2) is 0 Å². The highest BCUT2D eigenvalue weighted by Crippen LogP contribution is 2.29. The van der Waals surface area contributed by atoms with Gasteiger partial charge >= 0.3 is 0 Å². The molecule has 5 heteroatoms. The fourth-order valence-electron chi connectivity index (χ4n) is 1.65. The number of nitrogens with two attached hydrogens (primary N) is 1. The fraction of sp³-hybridized carbons (Fsp3) is 0.231. The lowest BCUT2D eigenvalue weighted by Gasteiger charge is -2.09. The molecule has 18 heavy (non-hydrogen) atoms. The van der Waals surface area contributed by atoms with Crippen molar-refractivity contribution < 1.29 is 9.47 Å². The van der Waals surface area contributed by atoms with E-state index in [2.05, 4.69) is 10.2 Å². The highest BCUT2D eigenvalue weighted by molar-refractivity contribution is 5.67. The number of benzene rings is 1. The first kappa shape index (κ1) is 12.3. The first-order valence-electron chi connectivity index (χ1n) is 5.53. The highest BCUT2D eigenvalue weighted by atomic mass is 16.5. The molecule has 0 aliphatic heterocycles. The molecule has 0 atom stereocenters. The smallest absolute Gasteiger partial charge is 0.233 e. The molecule has 0 aliphatic carbocycles. The van der Waals surface area contributed by atoms with Crippen LogP contribution in [-0.4, -0.2) is 24.4 Å². The Morgan fingerprint density at radius 1 is 1.06 bits per heavy atom. The molecular weight excluding hydrogens is 230 g/mol. The summed E-state index contributed by atoms with van der Waals surface area (Å²) in [4.78, 5) is 0. The molecule has 1 heterocycles. The molecule has 0 radical (unpaired) electrons. The average Bonchev–Trinajstić information content (AvgIpc) is 2.46. The van der Waals surface area contributed by atoms with Gasteiger partial charge in [-0.3, -0.25) is 0 Å². The number of methoxy groups -OCH3 is 2. The normalized spacial score (nSPS) is 10.2. The van der Waals surface area contributed by atoms with E-state index in [1.807, 2.05) is 24.3 Å². The van der Waals surface area contributed by atoms with E-state index in [-0.39, 0.29) is 0 Å². The maximum absolute atomic E-state index is 5.64. The maximum atomic E-state index is 5.64. The van der Waals surface area contributed by atoms with Crippen LogP contribution in [0.2, 0.25) is 0 Å². The van der Waals surface area contributed by atoms with Gasteiger partial charge < -0.3 is 15.2 Å². The topological polar surface area (TPSA) is 70.3 Å². The molecule has 2 aromatic rings. The minimum absolute atomic E-state index is 0.473. The minimum atomic E-state index is 0.473. The largest absolute Gasteiger partial charge is 0.496 e. The first-order valence-corrected chi connectivity index (χ1v) is 5.53. The molecule has 0 saturated heterocycles. The zero-order valence-electron chi connectivity index (χ0n) is 10.4. The SMILES string of the molecule is COc1ccc(-c2cc(CN)ccc2OC)nn1. The molecule has 2 rings (SSSR count). The second-order valence-electron chi connectivity index (χ2n) is 3.70. The number of ether oxygens (including phenoxy) is 2. The summed E-state index contributed by atoms with van der Waals surface area (Å²) in [5, 5.41) is 8.05. The van der Waals surface area contributed by atoms with Crippen molar-refractivity contribution in [1.82, 2.24) is 10.2 Å². The molecule has 1 aromatic heterocycles. The van der Waals surface area contributed by atoms with E-state index in [4.69, 9.17) is 15.2 Å². The van der Waals surface area contributed by atoms with Crippen LogP contribution in [0, 0.1) is 0 Å². The highest BCUT2D eigenvalue weighted by Gasteiger charge is 2.09. The van der Waals surface area contributed by atoms with Gasteiger partial charge in [0.15, 0.2) is 0 Å². The van der Waals surface area contributed by atoms with Crippen LogP contribution >= 0.6 is 0 Å². The molecule has 0 saturated carbocycles. The predicted molar refractivity (Wildman–Crippen MR) is 68.5 cm³/mol. The van der Waals surface area contributed by atoms with Crippen LogP contribution in [0.1, 0.15) is 5.56 Å². The molecule has 5 nitrogen and oxygen atoms in total. The zero-order chi connectivity index (χ0) is 13.0. The Labute approximate surface area is 106 Å². The second-order valence-corrected chi connectivity index (χ2v) is 3.70. The van der Waals surface area contributed by atoms with Gasteiger partial charge in [0, 0.05) is 18.2 Å². The number of rotatable bonds is 4. The molecule has 1 aromatic carbocycles. The van der Waals surface area contributed by atoms with Crippen molar-refractivity contribution in [2.75, 3.05) is 14.2 Å². The van der Waals surface area contributed by atoms with E-state index in [0.29, 0.717) is 12.4 Å². The van der Waals surface area contributed by atoms with Gasteiger partial charge in [0.2, 0.25) is 5.88 Å². The Morgan fingerprint density at radius 3 is 2.44 bits per heavy atom. The zero-order valence-corrected chi connectivity index (χ0v) is 10.4. The third-order valence-corrected chi connectivity index (χ3v) is 2.62. The quantitative estimate of drug-likeness (QED) is 0.886. The van der Waals surface area contributed by atoms with Gasteiger partial charge in [-0.1, -0.05) is 6.07 Å². The molecule has 0 fully saturated rings. The Hall–Kier alpha value is -2.14. The van der Waals surface area contributed by atoms with Crippen molar-refractivity contribution in [3.8, 4) is 22.9 Å². The van der Waals surface area contributed by atoms with Crippen molar-refractivity contribution in [3.05, 3.63) is 35.9 Å². The minimum Gasteiger partial charge on any atom is -0.496 e. The Bertz CT molecular complexity index is 526. The lowest BCUT2D eigenvalue weighted by molar-refractivity contribution is 0.392. The van der Waals surface area contributed by atoms with Gasteiger partial charge in [-0.05, 0) is 23.8 Å².